The summed E-state index contributed by atoms with van der Waals surface area (Å²) in [5.41, 5.74) is 5.86. The first-order valence-electron chi connectivity index (χ1n) is 10.1. The molecule has 10 heteroatoms. The fourth-order valence-corrected chi connectivity index (χ4v) is 4.45. The van der Waals surface area contributed by atoms with E-state index >= 15 is 4.32 Å². The molecule has 31 heavy (non-hydrogen) atoms. The number of hydrogen-bond acceptors (Lipinski definition) is 5. The first-order valence-corrected chi connectivity index (χ1v) is 10.1. The minimum Gasteiger partial charge on any atom is -0.400 e. The van der Waals surface area contributed by atoms with Crippen LogP contribution in [-0.2, 0) is 19.2 Å². The summed E-state index contributed by atoms with van der Waals surface area (Å²) in [4.78, 5) is 40.6. The maximum atomic E-state index is 15.4. The summed E-state index contributed by atoms with van der Waals surface area (Å²) in [5, 5.41) is 7.56. The van der Waals surface area contributed by atoms with Crippen molar-refractivity contribution in [2.24, 2.45) is 0 Å². The van der Waals surface area contributed by atoms with E-state index in [1.165, 1.54) is 0 Å². The number of aromatic nitrogens is 1. The summed E-state index contributed by atoms with van der Waals surface area (Å²) in [5.74, 6) is -1.67. The average molecular weight is 430 g/mol. The van der Waals surface area contributed by atoms with Crippen LogP contribution in [0.4, 0.5) is 4.32 Å². The molecule has 4 heterocycles. The molecule has 1 aromatic heterocycles. The van der Waals surface area contributed by atoms with E-state index in [2.05, 4.69) is 0 Å². The average Bonchev–Trinajstić information content (AvgIpc) is 3.32. The van der Waals surface area contributed by atoms with Gasteiger partial charge in [0.15, 0.2) is 11.4 Å². The second-order valence-corrected chi connectivity index (χ2v) is 7.71. The zero-order valence-corrected chi connectivity index (χ0v) is 18.4. The highest BCUT2D eigenvalue weighted by atomic mass is 19.1. The van der Waals surface area contributed by atoms with E-state index < -0.39 is 25.0 Å². The molecule has 4 rings (SSSR count). The number of hydrogen-bond donors (Lipinski definition) is 1. The molecule has 8 nitrogen and oxygen atoms in total. The Morgan fingerprint density at radius 3 is 2.42 bits per heavy atom. The number of amides is 2. The fraction of sp³-hybridized carbons (Fsp3) is 0.429. The van der Waals surface area contributed by atoms with Crippen molar-refractivity contribution in [3.8, 4) is 0 Å². The highest BCUT2D eigenvalue weighted by Gasteiger charge is 2.51. The minimum absolute atomic E-state index is 0.0311. The first-order chi connectivity index (χ1) is 14.7. The van der Waals surface area contributed by atoms with Crippen LogP contribution in [0.15, 0.2) is 23.4 Å². The van der Waals surface area contributed by atoms with Gasteiger partial charge in [0, 0.05) is 55.5 Å². The van der Waals surface area contributed by atoms with E-state index in [-0.39, 0.29) is 19.3 Å². The predicted molar refractivity (Wildman–Crippen MR) is 112 cm³/mol. The topological polar surface area (TPSA) is 91.9 Å². The maximum Gasteiger partial charge on any atom is 0.846 e. The van der Waals surface area contributed by atoms with Crippen LogP contribution < -0.4 is 0 Å². The monoisotopic (exact) mass is 430 g/mol. The lowest BCUT2D eigenvalue weighted by Crippen LogP contribution is -2.40. The van der Waals surface area contributed by atoms with Crippen LogP contribution in [0, 0.1) is 13.8 Å². The molecular formula is C21H26BFN3O5+. The zero-order valence-electron chi connectivity index (χ0n) is 18.4. The molecule has 0 bridgehead atoms. The van der Waals surface area contributed by atoms with E-state index in [4.69, 9.17) is 9.94 Å². The molecule has 3 aliphatic rings. The number of allylic oxidation sites excluding steroid dienone is 3. The minimum atomic E-state index is -1.35. The number of imide groups is 1. The van der Waals surface area contributed by atoms with Crippen molar-refractivity contribution in [2.45, 2.75) is 53.4 Å². The van der Waals surface area contributed by atoms with Gasteiger partial charge in [-0.25, -0.2) is 13.6 Å². The molecule has 0 unspecified atom stereocenters. The molecule has 1 saturated heterocycles. The van der Waals surface area contributed by atoms with Gasteiger partial charge in [-0.15, -0.1) is 5.06 Å². The van der Waals surface area contributed by atoms with E-state index in [9.17, 15) is 14.4 Å². The van der Waals surface area contributed by atoms with Gasteiger partial charge >= 0.3 is 13.2 Å². The van der Waals surface area contributed by atoms with Gasteiger partial charge < -0.3 is 9.94 Å². The summed E-state index contributed by atoms with van der Waals surface area (Å²) in [7, 11) is -0.349. The Morgan fingerprint density at radius 1 is 1.19 bits per heavy atom. The number of rotatable bonds is 4. The highest BCUT2D eigenvalue weighted by molar-refractivity contribution is 6.43. The first kappa shape index (κ1) is 22.7. The van der Waals surface area contributed by atoms with Gasteiger partial charge in [0.25, 0.3) is 11.8 Å². The number of halogens is 1. The standard InChI is InChI=1S/C20H22BFN3O4.CH4O/c1-11-9-13(3)23-19(11)15(20-12(2)10-14(4)24(20)21(23)22)5-8-18(28)29-25-16(26)6-7-17(25)27;1-2/h9-10H,5-8H2,1-4H3;2H,1H3/q+1;. The van der Waals surface area contributed by atoms with Crippen LogP contribution in [0.5, 0.6) is 0 Å². The lowest BCUT2D eigenvalue weighted by Gasteiger charge is -2.22. The third kappa shape index (κ3) is 3.76. The molecule has 0 atom stereocenters. The van der Waals surface area contributed by atoms with Crippen LogP contribution >= 0.6 is 0 Å². The lowest BCUT2D eigenvalue weighted by molar-refractivity contribution is -0.337. The molecule has 164 valence electrons. The number of aliphatic hydroxyl groups is 1. The number of carbonyl (C=O) groups is 3. The predicted octanol–water partition coefficient (Wildman–Crippen LogP) is 2.06. The summed E-state index contributed by atoms with van der Waals surface area (Å²) < 4.78 is 18.7. The summed E-state index contributed by atoms with van der Waals surface area (Å²) in [6.45, 7) is 7.56. The normalized spacial score (nSPS) is 17.6. The number of aliphatic hydroxyl groups excluding tert-OH is 1. The molecule has 0 saturated carbocycles. The molecule has 0 radical (unpaired) electrons. The molecule has 1 fully saturated rings. The Kier molecular flexibility index (Phi) is 6.31. The van der Waals surface area contributed by atoms with Crippen LogP contribution in [-0.4, -0.2) is 57.0 Å². The zero-order chi connectivity index (χ0) is 23.0. The van der Waals surface area contributed by atoms with E-state index in [0.29, 0.717) is 11.5 Å². The molecule has 1 N–H and O–H groups in total. The molecule has 0 aliphatic carbocycles. The summed E-state index contributed by atoms with van der Waals surface area (Å²) >= 11 is 0. The SMILES string of the molecule is CC1=CC(C)=[N+]2B(F)n3c(C)cc(C)c3C(CCC(=O)ON3C(=O)CCC3=O)=C12.CO. The van der Waals surface area contributed by atoms with Crippen LogP contribution in [0.2, 0.25) is 0 Å². The van der Waals surface area contributed by atoms with Gasteiger partial charge in [-0.05, 0) is 38.8 Å². The van der Waals surface area contributed by atoms with Crippen molar-refractivity contribution < 1.29 is 33.1 Å². The molecule has 3 aliphatic heterocycles. The van der Waals surface area contributed by atoms with Crippen LogP contribution in [0.3, 0.4) is 0 Å². The van der Waals surface area contributed by atoms with Gasteiger partial charge in [-0.2, -0.15) is 0 Å². The Morgan fingerprint density at radius 2 is 1.81 bits per heavy atom. The second-order valence-electron chi connectivity index (χ2n) is 7.71. The molecule has 2 amide bonds. The van der Waals surface area contributed by atoms with Crippen LogP contribution in [0.25, 0.3) is 5.57 Å². The van der Waals surface area contributed by atoms with E-state index in [1.54, 1.807) is 8.96 Å². The van der Waals surface area contributed by atoms with Crippen molar-refractivity contribution in [1.29, 1.82) is 0 Å². The van der Waals surface area contributed by atoms with Gasteiger partial charge in [0.1, 0.15) is 0 Å². The van der Waals surface area contributed by atoms with Crippen molar-refractivity contribution in [3.63, 3.8) is 0 Å². The Labute approximate surface area is 180 Å². The van der Waals surface area contributed by atoms with Gasteiger partial charge in [-0.3, -0.25) is 14.1 Å². The highest BCUT2D eigenvalue weighted by Crippen LogP contribution is 2.39. The smallest absolute Gasteiger partial charge is 0.400 e. The molecule has 0 aromatic carbocycles. The van der Waals surface area contributed by atoms with E-state index in [1.807, 2.05) is 39.8 Å². The Bertz CT molecular complexity index is 1050. The van der Waals surface area contributed by atoms with Crippen LogP contribution in [0.1, 0.15) is 56.5 Å². The summed E-state index contributed by atoms with van der Waals surface area (Å²) in [6.07, 6.45) is 2.31. The van der Waals surface area contributed by atoms with E-state index in [0.717, 1.165) is 46.6 Å². The molecule has 0 spiro atoms. The molecular weight excluding hydrogens is 404 g/mol. The Balaban J connectivity index is 0.00000132. The quantitative estimate of drug-likeness (QED) is 0.584. The van der Waals surface area contributed by atoms with Gasteiger partial charge in [-0.1, -0.05) is 0 Å². The largest absolute Gasteiger partial charge is 0.846 e. The number of fused-ring (bicyclic) bond motifs is 2. The van der Waals surface area contributed by atoms with Crippen molar-refractivity contribution in [3.05, 3.63) is 40.4 Å². The Hall–Kier alpha value is -3.01. The fourth-order valence-electron chi connectivity index (χ4n) is 4.45. The van der Waals surface area contributed by atoms with Gasteiger partial charge in [0.2, 0.25) is 0 Å². The second kappa shape index (κ2) is 8.62. The maximum absolute atomic E-state index is 15.4. The number of hydroxylamine groups is 2. The lowest BCUT2D eigenvalue weighted by atomic mass is 9.88. The third-order valence-corrected chi connectivity index (χ3v) is 5.62. The summed E-state index contributed by atoms with van der Waals surface area (Å²) in [6, 6.07) is 1.93. The van der Waals surface area contributed by atoms with Crippen molar-refractivity contribution in [2.75, 3.05) is 7.11 Å². The van der Waals surface area contributed by atoms with Gasteiger partial charge in [0.05, 0.1) is 6.42 Å². The van der Waals surface area contributed by atoms with Crippen molar-refractivity contribution >= 4 is 36.3 Å². The molecule has 1 aromatic rings. The third-order valence-electron chi connectivity index (χ3n) is 5.62. The number of carbonyl (C=O) groups excluding carboxylic acids is 3. The number of aryl methyl sites for hydroxylation is 2. The van der Waals surface area contributed by atoms with Crippen molar-refractivity contribution in [1.82, 2.24) is 9.54 Å². The number of nitrogens with zero attached hydrogens (tertiary/aromatic N) is 3.